The number of hydrogen-bond acceptors (Lipinski definition) is 4. The summed E-state index contributed by atoms with van der Waals surface area (Å²) < 4.78 is 11.6. The van der Waals surface area contributed by atoms with Gasteiger partial charge in [-0.05, 0) is 30.7 Å². The molecular formula is C19H21N5O3. The molecule has 140 valence electrons. The lowest BCUT2D eigenvalue weighted by atomic mass is 10.1. The minimum atomic E-state index is -0.384. The minimum Gasteiger partial charge on any atom is -0.497 e. The van der Waals surface area contributed by atoms with E-state index in [-0.39, 0.29) is 11.2 Å². The van der Waals surface area contributed by atoms with Gasteiger partial charge < -0.3 is 9.30 Å². The molecule has 0 fully saturated rings. The SMILES string of the molecule is CCCn1c(-c2ccc(OC)cc2)cn2c3c(=O)n(C)c(=O)n(C)c3nc12. The van der Waals surface area contributed by atoms with Gasteiger partial charge in [0, 0.05) is 32.4 Å². The van der Waals surface area contributed by atoms with E-state index in [0.29, 0.717) is 16.9 Å². The van der Waals surface area contributed by atoms with Crippen molar-refractivity contribution in [2.24, 2.45) is 14.1 Å². The number of rotatable bonds is 4. The molecule has 0 N–H and O–H groups in total. The first-order chi connectivity index (χ1) is 13.0. The Labute approximate surface area is 154 Å². The number of methoxy groups -OCH3 is 1. The Bertz CT molecular complexity index is 1270. The zero-order valence-electron chi connectivity index (χ0n) is 15.8. The summed E-state index contributed by atoms with van der Waals surface area (Å²) in [6.45, 7) is 2.83. The molecule has 4 rings (SSSR count). The molecule has 0 aliphatic heterocycles. The van der Waals surface area contributed by atoms with Crippen molar-refractivity contribution in [3.8, 4) is 17.0 Å². The summed E-state index contributed by atoms with van der Waals surface area (Å²) in [5.74, 6) is 1.43. The molecular weight excluding hydrogens is 346 g/mol. The lowest BCUT2D eigenvalue weighted by Gasteiger charge is -2.08. The normalized spacial score (nSPS) is 11.6. The van der Waals surface area contributed by atoms with Crippen LogP contribution in [0, 0.1) is 0 Å². The number of nitrogens with zero attached hydrogens (tertiary/aromatic N) is 5. The number of fused-ring (bicyclic) bond motifs is 3. The van der Waals surface area contributed by atoms with Crippen LogP contribution in [0.15, 0.2) is 40.1 Å². The van der Waals surface area contributed by atoms with Crippen LogP contribution in [0.2, 0.25) is 0 Å². The smallest absolute Gasteiger partial charge is 0.332 e. The molecule has 8 nitrogen and oxygen atoms in total. The van der Waals surface area contributed by atoms with Crippen molar-refractivity contribution in [1.29, 1.82) is 0 Å². The van der Waals surface area contributed by atoms with Crippen LogP contribution >= 0.6 is 0 Å². The Morgan fingerprint density at radius 1 is 1.07 bits per heavy atom. The van der Waals surface area contributed by atoms with Crippen LogP contribution in [0.1, 0.15) is 13.3 Å². The largest absolute Gasteiger partial charge is 0.497 e. The van der Waals surface area contributed by atoms with E-state index in [1.54, 1.807) is 18.6 Å². The third kappa shape index (κ3) is 2.40. The molecule has 3 aromatic heterocycles. The van der Waals surface area contributed by atoms with Gasteiger partial charge in [-0.1, -0.05) is 6.92 Å². The number of aryl methyl sites for hydroxylation is 2. The van der Waals surface area contributed by atoms with Gasteiger partial charge in [0.2, 0.25) is 5.78 Å². The topological polar surface area (TPSA) is 75.5 Å². The average Bonchev–Trinajstić information content (AvgIpc) is 3.22. The van der Waals surface area contributed by atoms with Gasteiger partial charge in [0.15, 0.2) is 11.2 Å². The first kappa shape index (κ1) is 17.1. The third-order valence-electron chi connectivity index (χ3n) is 4.89. The van der Waals surface area contributed by atoms with Crippen LogP contribution in [0.5, 0.6) is 5.75 Å². The predicted octanol–water partition coefficient (Wildman–Crippen LogP) is 1.77. The summed E-state index contributed by atoms with van der Waals surface area (Å²) in [6, 6.07) is 7.77. The second-order valence-electron chi connectivity index (χ2n) is 6.55. The quantitative estimate of drug-likeness (QED) is 0.551. The maximum Gasteiger partial charge on any atom is 0.332 e. The fraction of sp³-hybridized carbons (Fsp3) is 0.316. The molecule has 4 aromatic rings. The van der Waals surface area contributed by atoms with E-state index in [9.17, 15) is 9.59 Å². The molecule has 8 heteroatoms. The van der Waals surface area contributed by atoms with Gasteiger partial charge in [-0.2, -0.15) is 4.98 Å². The molecule has 0 spiro atoms. The highest BCUT2D eigenvalue weighted by atomic mass is 16.5. The fourth-order valence-corrected chi connectivity index (χ4v) is 3.45. The average molecular weight is 367 g/mol. The third-order valence-corrected chi connectivity index (χ3v) is 4.89. The van der Waals surface area contributed by atoms with Gasteiger partial charge in [-0.25, -0.2) is 4.79 Å². The zero-order chi connectivity index (χ0) is 19.3. The summed E-state index contributed by atoms with van der Waals surface area (Å²) in [5.41, 5.74) is 2.02. The monoisotopic (exact) mass is 367 g/mol. The molecule has 3 heterocycles. The minimum absolute atomic E-state index is 0.351. The van der Waals surface area contributed by atoms with E-state index in [1.807, 2.05) is 30.5 Å². The molecule has 1 aromatic carbocycles. The Hall–Kier alpha value is -3.29. The van der Waals surface area contributed by atoms with Crippen molar-refractivity contribution in [1.82, 2.24) is 23.1 Å². The first-order valence-electron chi connectivity index (χ1n) is 8.79. The van der Waals surface area contributed by atoms with Crippen LogP contribution in [0.25, 0.3) is 28.2 Å². The van der Waals surface area contributed by atoms with Gasteiger partial charge >= 0.3 is 5.69 Å². The maximum absolute atomic E-state index is 12.7. The molecule has 0 saturated heterocycles. The van der Waals surface area contributed by atoms with E-state index in [4.69, 9.17) is 4.74 Å². The maximum atomic E-state index is 12.7. The summed E-state index contributed by atoms with van der Waals surface area (Å²) in [6.07, 6.45) is 2.82. The van der Waals surface area contributed by atoms with E-state index in [2.05, 4.69) is 16.5 Å². The zero-order valence-corrected chi connectivity index (χ0v) is 15.8. The fourth-order valence-electron chi connectivity index (χ4n) is 3.45. The van der Waals surface area contributed by atoms with Crippen molar-refractivity contribution >= 4 is 16.9 Å². The lowest BCUT2D eigenvalue weighted by Crippen LogP contribution is -2.37. The van der Waals surface area contributed by atoms with Crippen LogP contribution in [0.3, 0.4) is 0 Å². The lowest BCUT2D eigenvalue weighted by molar-refractivity contribution is 0.415. The van der Waals surface area contributed by atoms with Crippen LogP contribution in [0.4, 0.5) is 0 Å². The highest BCUT2D eigenvalue weighted by Crippen LogP contribution is 2.27. The Morgan fingerprint density at radius 3 is 2.41 bits per heavy atom. The number of benzene rings is 1. The summed E-state index contributed by atoms with van der Waals surface area (Å²) in [4.78, 5) is 29.6. The van der Waals surface area contributed by atoms with E-state index in [0.717, 1.165) is 34.5 Å². The number of hydrogen-bond donors (Lipinski definition) is 0. The van der Waals surface area contributed by atoms with Gasteiger partial charge in [-0.15, -0.1) is 0 Å². The van der Waals surface area contributed by atoms with E-state index in [1.165, 1.54) is 11.6 Å². The van der Waals surface area contributed by atoms with Crippen molar-refractivity contribution in [2.45, 2.75) is 19.9 Å². The van der Waals surface area contributed by atoms with Crippen molar-refractivity contribution in [3.63, 3.8) is 0 Å². The Kier molecular flexibility index (Phi) is 3.91. The Morgan fingerprint density at radius 2 is 1.78 bits per heavy atom. The summed E-state index contributed by atoms with van der Waals surface area (Å²) in [5, 5.41) is 0. The molecule has 0 unspecified atom stereocenters. The van der Waals surface area contributed by atoms with Gasteiger partial charge in [0.05, 0.1) is 12.8 Å². The highest BCUT2D eigenvalue weighted by Gasteiger charge is 2.20. The number of imidazole rings is 2. The standard InChI is InChI=1S/C19H21N5O3/c1-5-10-23-14(12-6-8-13(27-4)9-7-12)11-24-15-16(20-18(23)24)21(2)19(26)22(3)17(15)25/h6-9,11H,5,10H2,1-4H3. The van der Waals surface area contributed by atoms with Gasteiger partial charge in [-0.3, -0.25) is 18.3 Å². The van der Waals surface area contributed by atoms with E-state index >= 15 is 0 Å². The molecule has 0 amide bonds. The van der Waals surface area contributed by atoms with Gasteiger partial charge in [0.1, 0.15) is 5.75 Å². The predicted molar refractivity (Wildman–Crippen MR) is 103 cm³/mol. The molecule has 0 radical (unpaired) electrons. The molecule has 0 bridgehead atoms. The first-order valence-corrected chi connectivity index (χ1v) is 8.79. The van der Waals surface area contributed by atoms with Gasteiger partial charge in [0.25, 0.3) is 5.56 Å². The summed E-state index contributed by atoms with van der Waals surface area (Å²) in [7, 11) is 4.75. The molecule has 0 aliphatic rings. The van der Waals surface area contributed by atoms with Crippen molar-refractivity contribution in [2.75, 3.05) is 7.11 Å². The number of ether oxygens (including phenoxy) is 1. The molecule has 0 aliphatic carbocycles. The van der Waals surface area contributed by atoms with Crippen LogP contribution < -0.4 is 16.0 Å². The summed E-state index contributed by atoms with van der Waals surface area (Å²) >= 11 is 0. The molecule has 0 saturated carbocycles. The van der Waals surface area contributed by atoms with Crippen LogP contribution in [-0.2, 0) is 20.6 Å². The highest BCUT2D eigenvalue weighted by molar-refractivity contribution is 5.78. The molecule has 0 atom stereocenters. The van der Waals surface area contributed by atoms with Crippen LogP contribution in [-0.4, -0.2) is 30.2 Å². The Balaban J connectivity index is 2.08. The second kappa shape index (κ2) is 6.15. The number of aromatic nitrogens is 5. The van der Waals surface area contributed by atoms with E-state index < -0.39 is 0 Å². The van der Waals surface area contributed by atoms with Crippen molar-refractivity contribution < 1.29 is 4.74 Å². The van der Waals surface area contributed by atoms with Crippen molar-refractivity contribution in [3.05, 3.63) is 51.3 Å². The molecule has 27 heavy (non-hydrogen) atoms. The second-order valence-corrected chi connectivity index (χ2v) is 6.55.